The largest absolute Gasteiger partial charge is 0.497 e. The van der Waals surface area contributed by atoms with Crippen LogP contribution >= 0.6 is 0 Å². The summed E-state index contributed by atoms with van der Waals surface area (Å²) >= 11 is 0. The van der Waals surface area contributed by atoms with Gasteiger partial charge in [-0.25, -0.2) is 4.39 Å². The van der Waals surface area contributed by atoms with Crippen molar-refractivity contribution in [1.29, 1.82) is 0 Å². The lowest BCUT2D eigenvalue weighted by atomic mass is 10.1. The van der Waals surface area contributed by atoms with Crippen molar-refractivity contribution < 1.29 is 23.4 Å². The van der Waals surface area contributed by atoms with Crippen molar-refractivity contribution >= 4 is 11.6 Å². The molecule has 0 spiro atoms. The van der Waals surface area contributed by atoms with Gasteiger partial charge in [-0.1, -0.05) is 12.1 Å². The Balaban J connectivity index is 1.58. The molecule has 1 atom stereocenters. The summed E-state index contributed by atoms with van der Waals surface area (Å²) in [5.41, 5.74) is 1.33. The summed E-state index contributed by atoms with van der Waals surface area (Å²) in [4.78, 5) is 12.9. The molecule has 6 nitrogen and oxygen atoms in total. The lowest BCUT2D eigenvalue weighted by molar-refractivity contribution is -0.122. The number of methoxy groups -OCH3 is 2. The van der Waals surface area contributed by atoms with E-state index in [1.807, 2.05) is 0 Å². The predicted molar refractivity (Wildman–Crippen MR) is 120 cm³/mol. The standard InChI is InChI=1S/C25H25FN2O4/c1-30-20-10-12-21(13-11-20)32-23-15-19(9-14-22(23)31-2)27-24(25(29)28-18-7-8-18)16-3-5-17(26)6-4-16/h3-6,9-15,18,24,27H,7-8H2,1-2H3,(H,28,29). The van der Waals surface area contributed by atoms with E-state index in [0.717, 1.165) is 18.6 Å². The van der Waals surface area contributed by atoms with Crippen molar-refractivity contribution in [3.8, 4) is 23.0 Å². The van der Waals surface area contributed by atoms with E-state index in [0.29, 0.717) is 28.5 Å². The molecule has 166 valence electrons. The topological polar surface area (TPSA) is 68.8 Å². The molecule has 0 aromatic heterocycles. The molecule has 2 N–H and O–H groups in total. The van der Waals surface area contributed by atoms with Crippen LogP contribution in [-0.4, -0.2) is 26.2 Å². The van der Waals surface area contributed by atoms with Crippen molar-refractivity contribution in [1.82, 2.24) is 5.32 Å². The zero-order valence-corrected chi connectivity index (χ0v) is 17.9. The first kappa shape index (κ1) is 21.5. The molecule has 0 saturated heterocycles. The average Bonchev–Trinajstić information content (AvgIpc) is 3.63. The number of hydrogen-bond donors (Lipinski definition) is 2. The van der Waals surface area contributed by atoms with Gasteiger partial charge in [0.15, 0.2) is 11.5 Å². The summed E-state index contributed by atoms with van der Waals surface area (Å²) in [6.07, 6.45) is 1.95. The van der Waals surface area contributed by atoms with Crippen LogP contribution in [0.3, 0.4) is 0 Å². The first-order chi connectivity index (χ1) is 15.6. The van der Waals surface area contributed by atoms with Gasteiger partial charge in [-0.15, -0.1) is 0 Å². The molecule has 7 heteroatoms. The number of anilines is 1. The van der Waals surface area contributed by atoms with E-state index < -0.39 is 6.04 Å². The Kier molecular flexibility index (Phi) is 6.44. The van der Waals surface area contributed by atoms with E-state index in [9.17, 15) is 9.18 Å². The van der Waals surface area contributed by atoms with Gasteiger partial charge in [-0.05, 0) is 66.9 Å². The molecule has 1 aliphatic rings. The highest BCUT2D eigenvalue weighted by Gasteiger charge is 2.28. The number of halogens is 1. The molecular formula is C25H25FN2O4. The zero-order valence-electron chi connectivity index (χ0n) is 17.9. The molecule has 1 aliphatic carbocycles. The fraction of sp³-hybridized carbons (Fsp3) is 0.240. The van der Waals surface area contributed by atoms with Crippen LogP contribution in [0, 0.1) is 5.82 Å². The van der Waals surface area contributed by atoms with E-state index in [4.69, 9.17) is 14.2 Å². The van der Waals surface area contributed by atoms with Gasteiger partial charge in [0.05, 0.1) is 14.2 Å². The number of nitrogens with one attached hydrogen (secondary N) is 2. The normalized spacial score (nSPS) is 13.7. The van der Waals surface area contributed by atoms with E-state index in [1.165, 1.54) is 12.1 Å². The number of carbonyl (C=O) groups is 1. The van der Waals surface area contributed by atoms with Gasteiger partial charge in [-0.3, -0.25) is 4.79 Å². The SMILES string of the molecule is COc1ccc(Oc2cc(NC(C(=O)NC3CC3)c3ccc(F)cc3)ccc2OC)cc1. The third-order valence-corrected chi connectivity index (χ3v) is 5.15. The summed E-state index contributed by atoms with van der Waals surface area (Å²) in [5, 5.41) is 6.27. The maximum absolute atomic E-state index is 13.4. The van der Waals surface area contributed by atoms with E-state index in [-0.39, 0.29) is 17.8 Å². The van der Waals surface area contributed by atoms with Crippen LogP contribution in [0.2, 0.25) is 0 Å². The average molecular weight is 436 g/mol. The van der Waals surface area contributed by atoms with Crippen LogP contribution in [0.15, 0.2) is 66.7 Å². The molecule has 1 unspecified atom stereocenters. The van der Waals surface area contributed by atoms with Gasteiger partial charge in [0.25, 0.3) is 0 Å². The van der Waals surface area contributed by atoms with Crippen molar-refractivity contribution in [3.05, 3.63) is 78.1 Å². The summed E-state index contributed by atoms with van der Waals surface area (Å²) in [7, 11) is 3.17. The smallest absolute Gasteiger partial charge is 0.247 e. The molecule has 1 saturated carbocycles. The molecule has 4 rings (SSSR count). The van der Waals surface area contributed by atoms with Crippen LogP contribution in [-0.2, 0) is 4.79 Å². The fourth-order valence-corrected chi connectivity index (χ4v) is 3.25. The van der Waals surface area contributed by atoms with E-state index in [2.05, 4.69) is 10.6 Å². The molecule has 0 aliphatic heterocycles. The lowest BCUT2D eigenvalue weighted by Crippen LogP contribution is -2.34. The first-order valence-electron chi connectivity index (χ1n) is 10.4. The molecule has 0 bridgehead atoms. The van der Waals surface area contributed by atoms with Gasteiger partial charge in [0.1, 0.15) is 23.4 Å². The van der Waals surface area contributed by atoms with Gasteiger partial charge >= 0.3 is 0 Å². The van der Waals surface area contributed by atoms with Crippen molar-refractivity contribution in [3.63, 3.8) is 0 Å². The number of carbonyl (C=O) groups excluding carboxylic acids is 1. The summed E-state index contributed by atoms with van der Waals surface area (Å²) in [6, 6.07) is 18.0. The first-order valence-corrected chi connectivity index (χ1v) is 10.4. The van der Waals surface area contributed by atoms with Crippen LogP contribution in [0.4, 0.5) is 10.1 Å². The molecule has 1 fully saturated rings. The number of hydrogen-bond acceptors (Lipinski definition) is 5. The second-order valence-electron chi connectivity index (χ2n) is 7.55. The zero-order chi connectivity index (χ0) is 22.5. The Morgan fingerprint density at radius 3 is 2.22 bits per heavy atom. The summed E-state index contributed by atoms with van der Waals surface area (Å²) < 4.78 is 30.0. The van der Waals surface area contributed by atoms with Crippen LogP contribution in [0.1, 0.15) is 24.4 Å². The molecule has 0 heterocycles. The van der Waals surface area contributed by atoms with Crippen molar-refractivity contribution in [2.75, 3.05) is 19.5 Å². The summed E-state index contributed by atoms with van der Waals surface area (Å²) in [6.45, 7) is 0. The number of amides is 1. The number of benzene rings is 3. The molecular weight excluding hydrogens is 411 g/mol. The highest BCUT2D eigenvalue weighted by Crippen LogP contribution is 2.36. The predicted octanol–water partition coefficient (Wildman–Crippen LogP) is 5.07. The van der Waals surface area contributed by atoms with Crippen molar-refractivity contribution in [2.24, 2.45) is 0 Å². The Morgan fingerprint density at radius 1 is 0.906 bits per heavy atom. The number of rotatable bonds is 9. The van der Waals surface area contributed by atoms with Gasteiger partial charge in [-0.2, -0.15) is 0 Å². The quantitative estimate of drug-likeness (QED) is 0.490. The van der Waals surface area contributed by atoms with Crippen LogP contribution in [0.5, 0.6) is 23.0 Å². The molecule has 1 amide bonds. The lowest BCUT2D eigenvalue weighted by Gasteiger charge is -2.21. The second kappa shape index (κ2) is 9.60. The monoisotopic (exact) mass is 436 g/mol. The molecule has 3 aromatic carbocycles. The Morgan fingerprint density at radius 2 is 1.59 bits per heavy atom. The minimum absolute atomic E-state index is 0.160. The Bertz CT molecular complexity index is 1070. The summed E-state index contributed by atoms with van der Waals surface area (Å²) in [5.74, 6) is 1.86. The minimum atomic E-state index is -0.682. The van der Waals surface area contributed by atoms with Crippen LogP contribution in [0.25, 0.3) is 0 Å². The van der Waals surface area contributed by atoms with E-state index >= 15 is 0 Å². The third-order valence-electron chi connectivity index (χ3n) is 5.15. The second-order valence-corrected chi connectivity index (χ2v) is 7.55. The molecule has 3 aromatic rings. The third kappa shape index (κ3) is 5.29. The Labute approximate surface area is 186 Å². The highest BCUT2D eigenvalue weighted by molar-refractivity contribution is 5.86. The van der Waals surface area contributed by atoms with Gasteiger partial charge < -0.3 is 24.8 Å². The van der Waals surface area contributed by atoms with E-state index in [1.54, 1.807) is 68.8 Å². The maximum atomic E-state index is 13.4. The fourth-order valence-electron chi connectivity index (χ4n) is 3.25. The number of ether oxygens (including phenoxy) is 3. The maximum Gasteiger partial charge on any atom is 0.247 e. The molecule has 32 heavy (non-hydrogen) atoms. The minimum Gasteiger partial charge on any atom is -0.497 e. The van der Waals surface area contributed by atoms with Gasteiger partial charge in [0, 0.05) is 17.8 Å². The van der Waals surface area contributed by atoms with Crippen LogP contribution < -0.4 is 24.8 Å². The van der Waals surface area contributed by atoms with Crippen molar-refractivity contribution in [2.45, 2.75) is 24.9 Å². The molecule has 0 radical (unpaired) electrons. The van der Waals surface area contributed by atoms with Gasteiger partial charge in [0.2, 0.25) is 5.91 Å². The highest BCUT2D eigenvalue weighted by atomic mass is 19.1. The Hall–Kier alpha value is -3.74.